The molecule has 2 aromatic heterocycles. The molecule has 0 saturated carbocycles. The number of halogens is 1. The van der Waals surface area contributed by atoms with E-state index in [1.54, 1.807) is 42.5 Å². The van der Waals surface area contributed by atoms with E-state index >= 15 is 0 Å². The molecule has 0 aliphatic carbocycles. The van der Waals surface area contributed by atoms with E-state index in [1.807, 2.05) is 18.2 Å². The number of piperazine rings is 1. The Balaban J connectivity index is 1.24. The molecule has 2 aromatic carbocycles. The van der Waals surface area contributed by atoms with Crippen LogP contribution in [-0.4, -0.2) is 41.9 Å². The lowest BCUT2D eigenvalue weighted by Crippen LogP contribution is -2.47. The molecule has 1 amide bonds. The summed E-state index contributed by atoms with van der Waals surface area (Å²) in [6, 6.07) is 22.0. The number of amides is 1. The van der Waals surface area contributed by atoms with Crippen molar-refractivity contribution in [3.05, 3.63) is 107 Å². The lowest BCUT2D eigenvalue weighted by Gasteiger charge is -2.36. The van der Waals surface area contributed by atoms with Gasteiger partial charge < -0.3 is 19.5 Å². The van der Waals surface area contributed by atoms with Crippen molar-refractivity contribution >= 4 is 23.1 Å². The number of carbonyl (C=O) groups excluding carboxylic acids is 1. The Morgan fingerprint density at radius 2 is 1.60 bits per heavy atom. The van der Waals surface area contributed by atoms with Crippen molar-refractivity contribution in [1.82, 2.24) is 9.78 Å². The SMILES string of the molecule is O=C(Nc1ccccc1)c1ccc(Cn2nc(N3CCN(c4ccc(F)cc4)CC3)ccc2=O)o1. The van der Waals surface area contributed by atoms with Crippen molar-refractivity contribution in [2.45, 2.75) is 6.54 Å². The van der Waals surface area contributed by atoms with Gasteiger partial charge in [0.05, 0.1) is 0 Å². The van der Waals surface area contributed by atoms with E-state index in [4.69, 9.17) is 4.42 Å². The maximum atomic E-state index is 13.2. The summed E-state index contributed by atoms with van der Waals surface area (Å²) in [5, 5.41) is 7.29. The first-order valence-corrected chi connectivity index (χ1v) is 11.3. The molecule has 3 heterocycles. The van der Waals surface area contributed by atoms with E-state index in [1.165, 1.54) is 22.9 Å². The minimum Gasteiger partial charge on any atom is -0.454 e. The first-order chi connectivity index (χ1) is 17.0. The van der Waals surface area contributed by atoms with Crippen LogP contribution in [0, 0.1) is 5.82 Å². The highest BCUT2D eigenvalue weighted by atomic mass is 19.1. The number of furan rings is 1. The predicted octanol–water partition coefficient (Wildman–Crippen LogP) is 3.60. The first-order valence-electron chi connectivity index (χ1n) is 11.3. The van der Waals surface area contributed by atoms with Crippen LogP contribution in [0.5, 0.6) is 0 Å². The zero-order chi connectivity index (χ0) is 24.2. The molecule has 5 rings (SSSR count). The fourth-order valence-corrected chi connectivity index (χ4v) is 4.01. The molecule has 1 N–H and O–H groups in total. The van der Waals surface area contributed by atoms with Crippen LogP contribution in [0.25, 0.3) is 0 Å². The van der Waals surface area contributed by atoms with Crippen LogP contribution in [-0.2, 0) is 6.54 Å². The summed E-state index contributed by atoms with van der Waals surface area (Å²) in [5.41, 5.74) is 1.39. The number of carbonyl (C=O) groups is 1. The van der Waals surface area contributed by atoms with E-state index in [0.717, 1.165) is 18.8 Å². The predicted molar refractivity (Wildman–Crippen MR) is 132 cm³/mol. The number of rotatable bonds is 6. The number of nitrogens with zero attached hydrogens (tertiary/aromatic N) is 4. The minimum absolute atomic E-state index is 0.112. The summed E-state index contributed by atoms with van der Waals surface area (Å²) < 4.78 is 20.2. The Kier molecular flexibility index (Phi) is 6.30. The number of nitrogens with one attached hydrogen (secondary N) is 1. The standard InChI is InChI=1S/C26H24FN5O3/c27-19-6-8-21(9-7-19)30-14-16-31(17-15-30)24-12-13-25(33)32(29-24)18-22-10-11-23(35-22)26(34)28-20-4-2-1-3-5-20/h1-13H,14-18H2,(H,28,34). The fourth-order valence-electron chi connectivity index (χ4n) is 4.01. The molecule has 9 heteroatoms. The number of anilines is 3. The van der Waals surface area contributed by atoms with Gasteiger partial charge in [0.2, 0.25) is 0 Å². The Morgan fingerprint density at radius 1 is 0.886 bits per heavy atom. The molecule has 0 radical (unpaired) electrons. The molecule has 8 nitrogen and oxygen atoms in total. The summed E-state index contributed by atoms with van der Waals surface area (Å²) in [6.45, 7) is 3.05. The van der Waals surface area contributed by atoms with Gasteiger partial charge in [-0.3, -0.25) is 9.59 Å². The minimum atomic E-state index is -0.365. The van der Waals surface area contributed by atoms with E-state index < -0.39 is 0 Å². The molecule has 0 unspecified atom stereocenters. The second-order valence-electron chi connectivity index (χ2n) is 8.22. The van der Waals surface area contributed by atoms with Crippen molar-refractivity contribution in [1.29, 1.82) is 0 Å². The van der Waals surface area contributed by atoms with Gasteiger partial charge in [-0.25, -0.2) is 9.07 Å². The van der Waals surface area contributed by atoms with Crippen molar-refractivity contribution < 1.29 is 13.6 Å². The first kappa shape index (κ1) is 22.4. The fraction of sp³-hybridized carbons (Fsp3) is 0.192. The van der Waals surface area contributed by atoms with E-state index in [9.17, 15) is 14.0 Å². The maximum absolute atomic E-state index is 13.2. The molecular formula is C26H24FN5O3. The van der Waals surface area contributed by atoms with E-state index in [-0.39, 0.29) is 29.6 Å². The van der Waals surface area contributed by atoms with Gasteiger partial charge in [-0.15, -0.1) is 0 Å². The molecule has 0 spiro atoms. The van der Waals surface area contributed by atoms with Gasteiger partial charge in [0.1, 0.15) is 23.9 Å². The van der Waals surface area contributed by atoms with Crippen molar-refractivity contribution in [2.75, 3.05) is 41.3 Å². The largest absolute Gasteiger partial charge is 0.454 e. The number of hydrogen-bond donors (Lipinski definition) is 1. The van der Waals surface area contributed by atoms with Gasteiger partial charge in [0, 0.05) is 43.6 Å². The van der Waals surface area contributed by atoms with Crippen LogP contribution in [0.1, 0.15) is 16.3 Å². The quantitative estimate of drug-likeness (QED) is 0.461. The Hall–Kier alpha value is -4.40. The van der Waals surface area contributed by atoms with Gasteiger partial charge >= 0.3 is 0 Å². The third-order valence-electron chi connectivity index (χ3n) is 5.87. The second kappa shape index (κ2) is 9.84. The van der Waals surface area contributed by atoms with Gasteiger partial charge in [-0.05, 0) is 54.6 Å². The molecule has 1 fully saturated rings. The molecule has 35 heavy (non-hydrogen) atoms. The topological polar surface area (TPSA) is 83.6 Å². The highest BCUT2D eigenvalue weighted by molar-refractivity contribution is 6.02. The summed E-state index contributed by atoms with van der Waals surface area (Å²) >= 11 is 0. The molecule has 0 bridgehead atoms. The van der Waals surface area contributed by atoms with Gasteiger partial charge in [-0.2, -0.15) is 5.10 Å². The van der Waals surface area contributed by atoms with E-state index in [0.29, 0.717) is 30.4 Å². The zero-order valence-corrected chi connectivity index (χ0v) is 18.9. The van der Waals surface area contributed by atoms with Crippen molar-refractivity contribution in [3.63, 3.8) is 0 Å². The number of hydrogen-bond acceptors (Lipinski definition) is 6. The van der Waals surface area contributed by atoms with Crippen molar-refractivity contribution in [3.8, 4) is 0 Å². The molecule has 1 aliphatic rings. The van der Waals surface area contributed by atoms with Crippen LogP contribution < -0.4 is 20.7 Å². The lowest BCUT2D eigenvalue weighted by atomic mass is 10.2. The zero-order valence-electron chi connectivity index (χ0n) is 18.9. The van der Waals surface area contributed by atoms with Crippen LogP contribution in [0.15, 0.2) is 88.1 Å². The summed E-state index contributed by atoms with van der Waals surface area (Å²) in [4.78, 5) is 29.2. The summed E-state index contributed by atoms with van der Waals surface area (Å²) in [5.74, 6) is 0.688. The third-order valence-corrected chi connectivity index (χ3v) is 5.87. The molecule has 0 atom stereocenters. The summed E-state index contributed by atoms with van der Waals surface area (Å²) in [6.07, 6.45) is 0. The lowest BCUT2D eigenvalue weighted by molar-refractivity contribution is 0.0994. The van der Waals surface area contributed by atoms with Gasteiger partial charge in [-0.1, -0.05) is 18.2 Å². The van der Waals surface area contributed by atoms with Crippen LogP contribution in [0.3, 0.4) is 0 Å². The maximum Gasteiger partial charge on any atom is 0.291 e. The molecule has 4 aromatic rings. The molecule has 1 aliphatic heterocycles. The van der Waals surface area contributed by atoms with Gasteiger partial charge in [0.15, 0.2) is 5.76 Å². The average Bonchev–Trinajstić information content (AvgIpc) is 3.35. The number of para-hydroxylation sites is 1. The molecule has 1 saturated heterocycles. The normalized spacial score (nSPS) is 13.6. The highest BCUT2D eigenvalue weighted by Gasteiger charge is 2.20. The number of benzene rings is 2. The molecular weight excluding hydrogens is 449 g/mol. The Labute approximate surface area is 201 Å². The van der Waals surface area contributed by atoms with E-state index in [2.05, 4.69) is 20.2 Å². The monoisotopic (exact) mass is 473 g/mol. The van der Waals surface area contributed by atoms with Crippen LogP contribution in [0.4, 0.5) is 21.6 Å². The second-order valence-corrected chi connectivity index (χ2v) is 8.22. The Morgan fingerprint density at radius 3 is 2.34 bits per heavy atom. The highest BCUT2D eigenvalue weighted by Crippen LogP contribution is 2.19. The summed E-state index contributed by atoms with van der Waals surface area (Å²) in [7, 11) is 0. The average molecular weight is 474 g/mol. The number of aromatic nitrogens is 2. The van der Waals surface area contributed by atoms with Gasteiger partial charge in [0.25, 0.3) is 11.5 Å². The molecule has 178 valence electrons. The van der Waals surface area contributed by atoms with Crippen molar-refractivity contribution in [2.24, 2.45) is 0 Å². The third kappa shape index (κ3) is 5.24. The Bertz CT molecular complexity index is 1360. The van der Waals surface area contributed by atoms with Crippen LogP contribution >= 0.6 is 0 Å². The van der Waals surface area contributed by atoms with Crippen LogP contribution in [0.2, 0.25) is 0 Å². The smallest absolute Gasteiger partial charge is 0.291 e.